The number of carbonyl (C=O) groups is 1. The minimum atomic E-state index is -3.90. The number of unbranched alkanes of at least 4 members (excludes halogenated alkanes) is 6. The van der Waals surface area contributed by atoms with Crippen molar-refractivity contribution in [2.24, 2.45) is 0 Å². The highest BCUT2D eigenvalue weighted by Crippen LogP contribution is 2.20. The van der Waals surface area contributed by atoms with E-state index in [1.54, 1.807) is 0 Å². The molecule has 0 aromatic rings. The van der Waals surface area contributed by atoms with Crippen molar-refractivity contribution in [1.29, 1.82) is 0 Å². The summed E-state index contributed by atoms with van der Waals surface area (Å²) in [7, 11) is 0. The largest absolute Gasteiger partial charge is 0.460 e. The fraction of sp³-hybridized carbons (Fsp3) is 0.786. The number of esters is 1. The van der Waals surface area contributed by atoms with Crippen LogP contribution in [0.25, 0.3) is 0 Å². The van der Waals surface area contributed by atoms with Crippen LogP contribution in [0.4, 0.5) is 8.78 Å². The zero-order chi connectivity index (χ0) is 14.6. The molecule has 0 atom stereocenters. The van der Waals surface area contributed by atoms with Crippen LogP contribution in [-0.4, -0.2) is 18.0 Å². The van der Waals surface area contributed by atoms with Crippen LogP contribution in [0.15, 0.2) is 12.2 Å². The minimum absolute atomic E-state index is 0.00742. The van der Waals surface area contributed by atoms with Crippen LogP contribution in [-0.2, 0) is 9.53 Å². The fourth-order valence-electron chi connectivity index (χ4n) is 1.52. The van der Waals surface area contributed by atoms with Crippen LogP contribution in [0, 0.1) is 0 Å². The SMILES string of the molecule is CCCC/C=C\CCCCCCOC(=O)C(F)(F)Cl. The fourth-order valence-corrected chi connectivity index (χ4v) is 1.58. The molecule has 0 saturated heterocycles. The second kappa shape index (κ2) is 11.2. The lowest BCUT2D eigenvalue weighted by Crippen LogP contribution is -2.24. The average Bonchev–Trinajstić information content (AvgIpc) is 2.34. The maximum absolute atomic E-state index is 12.2. The van der Waals surface area contributed by atoms with E-state index in [9.17, 15) is 13.6 Å². The molecule has 0 rings (SSSR count). The van der Waals surface area contributed by atoms with Gasteiger partial charge in [0.05, 0.1) is 6.61 Å². The molecule has 0 amide bonds. The number of ether oxygens (including phenoxy) is 1. The highest BCUT2D eigenvalue weighted by molar-refractivity contribution is 6.31. The van der Waals surface area contributed by atoms with E-state index in [0.29, 0.717) is 6.42 Å². The highest BCUT2D eigenvalue weighted by atomic mass is 35.5. The molecule has 112 valence electrons. The van der Waals surface area contributed by atoms with Gasteiger partial charge in [-0.25, -0.2) is 4.79 Å². The Morgan fingerprint density at radius 1 is 1.11 bits per heavy atom. The molecule has 0 unspecified atom stereocenters. The molecular formula is C14H23ClF2O2. The van der Waals surface area contributed by atoms with Gasteiger partial charge in [0.2, 0.25) is 0 Å². The number of hydrogen-bond acceptors (Lipinski definition) is 2. The normalized spacial score (nSPS) is 12.0. The zero-order valence-corrected chi connectivity index (χ0v) is 12.2. The topological polar surface area (TPSA) is 26.3 Å². The van der Waals surface area contributed by atoms with E-state index >= 15 is 0 Å². The monoisotopic (exact) mass is 296 g/mol. The molecule has 0 N–H and O–H groups in total. The van der Waals surface area contributed by atoms with E-state index in [-0.39, 0.29) is 6.61 Å². The van der Waals surface area contributed by atoms with Crippen molar-refractivity contribution in [1.82, 2.24) is 0 Å². The number of carbonyl (C=O) groups excluding carboxylic acids is 1. The van der Waals surface area contributed by atoms with Crippen molar-refractivity contribution in [2.75, 3.05) is 6.61 Å². The van der Waals surface area contributed by atoms with Crippen LogP contribution in [0.1, 0.15) is 58.3 Å². The van der Waals surface area contributed by atoms with Gasteiger partial charge >= 0.3 is 11.4 Å². The molecule has 0 aliphatic heterocycles. The molecule has 0 spiro atoms. The zero-order valence-electron chi connectivity index (χ0n) is 11.5. The van der Waals surface area contributed by atoms with E-state index in [2.05, 4.69) is 35.4 Å². The van der Waals surface area contributed by atoms with Crippen molar-refractivity contribution >= 4 is 17.6 Å². The third-order valence-corrected chi connectivity index (χ3v) is 2.78. The Balaban J connectivity index is 3.28. The molecule has 19 heavy (non-hydrogen) atoms. The molecule has 0 aromatic carbocycles. The molecule has 5 heteroatoms. The van der Waals surface area contributed by atoms with E-state index in [0.717, 1.165) is 32.1 Å². The van der Waals surface area contributed by atoms with Gasteiger partial charge in [-0.1, -0.05) is 44.8 Å². The molecule has 2 nitrogen and oxygen atoms in total. The Kier molecular flexibility index (Phi) is 10.8. The minimum Gasteiger partial charge on any atom is -0.460 e. The first-order valence-electron chi connectivity index (χ1n) is 6.87. The van der Waals surface area contributed by atoms with E-state index in [1.807, 2.05) is 0 Å². The summed E-state index contributed by atoms with van der Waals surface area (Å²) in [6.07, 6.45) is 12.6. The maximum atomic E-state index is 12.2. The van der Waals surface area contributed by atoms with Gasteiger partial charge in [0, 0.05) is 0 Å². The summed E-state index contributed by atoms with van der Waals surface area (Å²) in [5.74, 6) is -1.66. The van der Waals surface area contributed by atoms with Gasteiger partial charge in [-0.3, -0.25) is 0 Å². The molecule has 0 aromatic heterocycles. The molecule has 0 aliphatic carbocycles. The summed E-state index contributed by atoms with van der Waals surface area (Å²) >= 11 is 4.50. The molecule has 0 aliphatic rings. The summed E-state index contributed by atoms with van der Waals surface area (Å²) in [4.78, 5) is 10.6. The first kappa shape index (κ1) is 18.4. The van der Waals surface area contributed by atoms with E-state index in [4.69, 9.17) is 0 Å². The Morgan fingerprint density at radius 2 is 1.68 bits per heavy atom. The van der Waals surface area contributed by atoms with Gasteiger partial charge in [0.1, 0.15) is 0 Å². The summed E-state index contributed by atoms with van der Waals surface area (Å²) in [6.45, 7) is 2.17. The standard InChI is InChI=1S/C14H23ClF2O2/c1-2-3-4-5-6-7-8-9-10-11-12-19-13(18)14(15,16)17/h5-6H,2-4,7-12H2,1H3/b6-5-. The summed E-state index contributed by atoms with van der Waals surface area (Å²) in [5.41, 5.74) is 0. The summed E-state index contributed by atoms with van der Waals surface area (Å²) < 4.78 is 28.7. The lowest BCUT2D eigenvalue weighted by Gasteiger charge is -2.07. The summed E-state index contributed by atoms with van der Waals surface area (Å²) in [5, 5.41) is -3.90. The van der Waals surface area contributed by atoms with Crippen LogP contribution in [0.5, 0.6) is 0 Å². The quantitative estimate of drug-likeness (QED) is 0.231. The molecule has 0 radical (unpaired) electrons. The van der Waals surface area contributed by atoms with Gasteiger partial charge in [0.15, 0.2) is 0 Å². The van der Waals surface area contributed by atoms with Crippen LogP contribution in [0.3, 0.4) is 0 Å². The van der Waals surface area contributed by atoms with E-state index < -0.39 is 11.4 Å². The average molecular weight is 297 g/mol. The van der Waals surface area contributed by atoms with Crippen LogP contribution < -0.4 is 0 Å². The Morgan fingerprint density at radius 3 is 2.26 bits per heavy atom. The third-order valence-electron chi connectivity index (χ3n) is 2.62. The first-order chi connectivity index (χ1) is 8.98. The first-order valence-corrected chi connectivity index (χ1v) is 7.25. The number of alkyl halides is 3. The number of hydrogen-bond donors (Lipinski definition) is 0. The van der Waals surface area contributed by atoms with Crippen LogP contribution >= 0.6 is 11.6 Å². The van der Waals surface area contributed by atoms with Gasteiger partial charge in [-0.15, -0.1) is 0 Å². The Labute approximate surface area is 119 Å². The lowest BCUT2D eigenvalue weighted by atomic mass is 10.1. The lowest BCUT2D eigenvalue weighted by molar-refractivity contribution is -0.161. The second-order valence-corrected chi connectivity index (χ2v) is 4.92. The Bertz CT molecular complexity index is 263. The van der Waals surface area contributed by atoms with Gasteiger partial charge in [0.25, 0.3) is 0 Å². The number of allylic oxidation sites excluding steroid dienone is 2. The molecule has 0 fully saturated rings. The molecule has 0 heterocycles. The van der Waals surface area contributed by atoms with Gasteiger partial charge in [-0.2, -0.15) is 8.78 Å². The predicted octanol–water partition coefficient (Wildman–Crippen LogP) is 5.06. The second-order valence-electron chi connectivity index (χ2n) is 4.45. The Hall–Kier alpha value is -0.640. The van der Waals surface area contributed by atoms with Crippen molar-refractivity contribution in [3.63, 3.8) is 0 Å². The molecule has 0 bridgehead atoms. The maximum Gasteiger partial charge on any atom is 0.417 e. The van der Waals surface area contributed by atoms with Gasteiger partial charge < -0.3 is 4.74 Å². The summed E-state index contributed by atoms with van der Waals surface area (Å²) in [6, 6.07) is 0. The third kappa shape index (κ3) is 12.2. The van der Waals surface area contributed by atoms with Crippen molar-refractivity contribution in [2.45, 2.75) is 63.7 Å². The van der Waals surface area contributed by atoms with Gasteiger partial charge in [-0.05, 0) is 37.3 Å². The smallest absolute Gasteiger partial charge is 0.417 e. The number of rotatable bonds is 11. The predicted molar refractivity (Wildman–Crippen MR) is 73.5 cm³/mol. The van der Waals surface area contributed by atoms with Crippen molar-refractivity contribution in [3.05, 3.63) is 12.2 Å². The molecule has 0 saturated carbocycles. The van der Waals surface area contributed by atoms with Crippen LogP contribution in [0.2, 0.25) is 0 Å². The number of halogens is 3. The van der Waals surface area contributed by atoms with E-state index in [1.165, 1.54) is 12.8 Å². The van der Waals surface area contributed by atoms with Crippen molar-refractivity contribution < 1.29 is 18.3 Å². The molecular weight excluding hydrogens is 274 g/mol. The highest BCUT2D eigenvalue weighted by Gasteiger charge is 2.37. The van der Waals surface area contributed by atoms with Crippen molar-refractivity contribution in [3.8, 4) is 0 Å².